The van der Waals surface area contributed by atoms with Crippen molar-refractivity contribution in [3.8, 4) is 0 Å². The van der Waals surface area contributed by atoms with Crippen molar-refractivity contribution in [2.45, 2.75) is 59.5 Å². The number of piperidine rings is 1. The number of carbonyl (C=O) groups is 3. The maximum Gasteiger partial charge on any atom is 0.326 e. The molecule has 0 aromatic carbocycles. The zero-order valence-electron chi connectivity index (χ0n) is 18.1. The van der Waals surface area contributed by atoms with E-state index >= 15 is 0 Å². The normalized spacial score (nSPS) is 31.4. The second-order valence-corrected chi connectivity index (χ2v) is 10.6. The number of hydrogen-bond acceptors (Lipinski definition) is 3. The molecule has 7 nitrogen and oxygen atoms in total. The van der Waals surface area contributed by atoms with E-state index in [1.165, 1.54) is 4.90 Å². The summed E-state index contributed by atoms with van der Waals surface area (Å²) >= 11 is 0. The molecule has 3 amide bonds. The maximum absolute atomic E-state index is 13.4. The predicted octanol–water partition coefficient (Wildman–Crippen LogP) is 2.36. The van der Waals surface area contributed by atoms with E-state index in [9.17, 15) is 23.9 Å². The molecule has 3 fully saturated rings. The van der Waals surface area contributed by atoms with Gasteiger partial charge in [0.25, 0.3) is 0 Å². The molecule has 1 unspecified atom stereocenters. The number of hydrogen-bond donors (Lipinski definition) is 2. The van der Waals surface area contributed by atoms with Gasteiger partial charge < -0.3 is 20.2 Å². The van der Waals surface area contributed by atoms with Gasteiger partial charge in [-0.25, -0.2) is 9.59 Å². The Labute approximate surface area is 172 Å². The molecule has 8 heteroatoms. The van der Waals surface area contributed by atoms with Crippen LogP contribution in [0, 0.1) is 28.6 Å². The van der Waals surface area contributed by atoms with Crippen molar-refractivity contribution in [1.29, 1.82) is 0 Å². The molecule has 3 aliphatic rings. The topological polar surface area (TPSA) is 90.0 Å². The molecule has 0 aromatic rings. The maximum atomic E-state index is 13.4. The first-order valence-electron chi connectivity index (χ1n) is 10.5. The van der Waals surface area contributed by atoms with E-state index in [0.29, 0.717) is 26.1 Å². The van der Waals surface area contributed by atoms with Crippen LogP contribution in [0.5, 0.6) is 0 Å². The monoisotopic (exact) mass is 411 g/mol. The summed E-state index contributed by atoms with van der Waals surface area (Å²) in [7, 11) is 0. The van der Waals surface area contributed by atoms with Crippen LogP contribution >= 0.6 is 0 Å². The number of fused-ring (bicyclic) bond motifs is 1. The molecular formula is C21H34FN3O4. The van der Waals surface area contributed by atoms with E-state index < -0.39 is 30.1 Å². The molecule has 164 valence electrons. The van der Waals surface area contributed by atoms with Crippen LogP contribution < -0.4 is 5.32 Å². The lowest BCUT2D eigenvalue weighted by Gasteiger charge is -2.37. The van der Waals surface area contributed by atoms with Gasteiger partial charge in [0, 0.05) is 25.6 Å². The number of amides is 3. The summed E-state index contributed by atoms with van der Waals surface area (Å²) in [6.45, 7) is 10.7. The van der Waals surface area contributed by atoms with Crippen LogP contribution in [0.3, 0.4) is 0 Å². The van der Waals surface area contributed by atoms with Gasteiger partial charge >= 0.3 is 12.0 Å². The number of aliphatic carboxylic acids is 1. The summed E-state index contributed by atoms with van der Waals surface area (Å²) in [5.41, 5.74) is -0.641. The number of nitrogens with one attached hydrogen (secondary N) is 1. The highest BCUT2D eigenvalue weighted by atomic mass is 19.1. The highest BCUT2D eigenvalue weighted by Gasteiger charge is 2.70. The Hall–Kier alpha value is -1.86. The predicted molar refractivity (Wildman–Crippen MR) is 106 cm³/mol. The van der Waals surface area contributed by atoms with Crippen LogP contribution in [0.2, 0.25) is 0 Å². The Morgan fingerprint density at radius 3 is 2.45 bits per heavy atom. The molecule has 2 N–H and O–H groups in total. The van der Waals surface area contributed by atoms with Crippen molar-refractivity contribution in [2.24, 2.45) is 28.6 Å². The Morgan fingerprint density at radius 2 is 1.90 bits per heavy atom. The fourth-order valence-corrected chi connectivity index (χ4v) is 5.23. The van der Waals surface area contributed by atoms with Crippen molar-refractivity contribution >= 4 is 17.9 Å². The van der Waals surface area contributed by atoms with Crippen LogP contribution in [0.25, 0.3) is 0 Å². The van der Waals surface area contributed by atoms with E-state index in [-0.39, 0.29) is 35.1 Å². The number of carboxylic acids is 1. The largest absolute Gasteiger partial charge is 0.480 e. The SMILES string of the molecule is CC(C)(C)[C@H](NC(=O)N1CCC(CCF)C1)C(=O)N1C[C@H]2[C@@H]([C@H]1C(=O)O)C2(C)C. The molecule has 0 spiro atoms. The lowest BCUT2D eigenvalue weighted by Crippen LogP contribution is -2.59. The summed E-state index contributed by atoms with van der Waals surface area (Å²) in [6.07, 6.45) is 1.20. The minimum atomic E-state index is -0.982. The second-order valence-electron chi connectivity index (χ2n) is 10.6. The van der Waals surface area contributed by atoms with E-state index in [4.69, 9.17) is 0 Å². The first-order chi connectivity index (χ1) is 13.4. The van der Waals surface area contributed by atoms with Gasteiger partial charge in [0.15, 0.2) is 0 Å². The van der Waals surface area contributed by atoms with Crippen molar-refractivity contribution in [1.82, 2.24) is 15.1 Å². The second kappa shape index (κ2) is 7.43. The van der Waals surface area contributed by atoms with Crippen molar-refractivity contribution in [3.63, 3.8) is 0 Å². The van der Waals surface area contributed by atoms with Gasteiger partial charge in [0.2, 0.25) is 5.91 Å². The van der Waals surface area contributed by atoms with Crippen molar-refractivity contribution < 1.29 is 23.9 Å². The van der Waals surface area contributed by atoms with Crippen LogP contribution in [0.1, 0.15) is 47.5 Å². The highest BCUT2D eigenvalue weighted by Crippen LogP contribution is 2.65. The van der Waals surface area contributed by atoms with Crippen LogP contribution in [0.15, 0.2) is 0 Å². The third-order valence-corrected chi connectivity index (χ3v) is 7.22. The summed E-state index contributed by atoms with van der Waals surface area (Å²) in [5.74, 6) is -1.02. The Morgan fingerprint density at radius 1 is 1.24 bits per heavy atom. The van der Waals surface area contributed by atoms with Gasteiger partial charge in [-0.15, -0.1) is 0 Å². The summed E-state index contributed by atoms with van der Waals surface area (Å²) in [4.78, 5) is 41.2. The van der Waals surface area contributed by atoms with Gasteiger partial charge in [-0.3, -0.25) is 9.18 Å². The van der Waals surface area contributed by atoms with Gasteiger partial charge in [-0.05, 0) is 35.5 Å². The quantitative estimate of drug-likeness (QED) is 0.727. The van der Waals surface area contributed by atoms with Crippen LogP contribution in [-0.4, -0.2) is 71.2 Å². The van der Waals surface area contributed by atoms with E-state index in [1.54, 1.807) is 4.90 Å². The first kappa shape index (κ1) is 21.8. The molecule has 1 saturated carbocycles. The molecule has 0 bridgehead atoms. The minimum absolute atomic E-state index is 0.0414. The fourth-order valence-electron chi connectivity index (χ4n) is 5.23. The zero-order valence-corrected chi connectivity index (χ0v) is 18.1. The number of nitrogens with zero attached hydrogens (tertiary/aromatic N) is 2. The van der Waals surface area contributed by atoms with Crippen LogP contribution in [-0.2, 0) is 9.59 Å². The molecular weight excluding hydrogens is 377 g/mol. The van der Waals surface area contributed by atoms with E-state index in [1.807, 2.05) is 34.6 Å². The molecule has 5 atom stereocenters. The molecule has 3 rings (SSSR count). The van der Waals surface area contributed by atoms with Crippen molar-refractivity contribution in [3.05, 3.63) is 0 Å². The van der Waals surface area contributed by atoms with E-state index in [2.05, 4.69) is 5.32 Å². The summed E-state index contributed by atoms with van der Waals surface area (Å²) < 4.78 is 12.6. The lowest BCUT2D eigenvalue weighted by molar-refractivity contribution is -0.152. The summed E-state index contributed by atoms with van der Waals surface area (Å²) in [5, 5.41) is 12.6. The summed E-state index contributed by atoms with van der Waals surface area (Å²) in [6, 6.07) is -2.00. The van der Waals surface area contributed by atoms with E-state index in [0.717, 1.165) is 6.42 Å². The Kier molecular flexibility index (Phi) is 5.60. The third-order valence-electron chi connectivity index (χ3n) is 7.22. The third kappa shape index (κ3) is 3.94. The Bertz CT molecular complexity index is 690. The molecule has 29 heavy (non-hydrogen) atoms. The van der Waals surface area contributed by atoms with Crippen LogP contribution in [0.4, 0.5) is 9.18 Å². The first-order valence-corrected chi connectivity index (χ1v) is 10.5. The minimum Gasteiger partial charge on any atom is -0.480 e. The average molecular weight is 412 g/mol. The van der Waals surface area contributed by atoms with Crippen molar-refractivity contribution in [2.75, 3.05) is 26.3 Å². The van der Waals surface area contributed by atoms with Gasteiger partial charge in [0.05, 0.1) is 6.67 Å². The number of rotatable bonds is 5. The highest BCUT2D eigenvalue weighted by molar-refractivity contribution is 5.92. The standard InChI is InChI=1S/C21H34FN3O4/c1-20(2,3)16(23-19(29)24-9-7-12(10-24)6-8-22)17(26)25-11-13-14(21(13,4)5)15(25)18(27)28/h12-16H,6-11H2,1-5H3,(H,23,29)(H,27,28)/t12?,13-,14-,15-,16+/m0/s1. The fraction of sp³-hybridized carbons (Fsp3) is 0.857. The average Bonchev–Trinajstić information content (AvgIpc) is 3.04. The number of alkyl halides is 1. The van der Waals surface area contributed by atoms with Gasteiger partial charge in [0.1, 0.15) is 12.1 Å². The zero-order chi connectivity index (χ0) is 21.7. The molecule has 1 aliphatic carbocycles. The molecule has 2 heterocycles. The molecule has 2 saturated heterocycles. The smallest absolute Gasteiger partial charge is 0.326 e. The van der Waals surface area contributed by atoms with Gasteiger partial charge in [-0.1, -0.05) is 34.6 Å². The number of likely N-dealkylation sites (tertiary alicyclic amines) is 2. The lowest BCUT2D eigenvalue weighted by atomic mass is 9.85. The molecule has 0 radical (unpaired) electrons. The molecule has 0 aromatic heterocycles. The number of carbonyl (C=O) groups excluding carboxylic acids is 2. The number of halogens is 1. The number of urea groups is 1. The Balaban J connectivity index is 1.72. The molecule has 2 aliphatic heterocycles. The number of carboxylic acid groups (broad SMARTS) is 1. The van der Waals surface area contributed by atoms with Gasteiger partial charge in [-0.2, -0.15) is 0 Å².